The number of carbonyl (C=O) groups excluding carboxylic acids is 2. The van der Waals surface area contributed by atoms with Crippen LogP contribution in [-0.2, 0) is 4.79 Å². The van der Waals surface area contributed by atoms with Gasteiger partial charge in [0.2, 0.25) is 5.91 Å². The zero-order chi connectivity index (χ0) is 22.5. The molecule has 0 bridgehead atoms. The first kappa shape index (κ1) is 21.5. The van der Waals surface area contributed by atoms with E-state index < -0.39 is 5.91 Å². The summed E-state index contributed by atoms with van der Waals surface area (Å²) in [5.74, 6) is -0.267. The van der Waals surface area contributed by atoms with Crippen LogP contribution in [0.3, 0.4) is 0 Å². The summed E-state index contributed by atoms with van der Waals surface area (Å²) in [6, 6.07) is 24.2. The average Bonchev–Trinajstić information content (AvgIpc) is 2.79. The van der Waals surface area contributed by atoms with E-state index in [4.69, 9.17) is 15.5 Å². The van der Waals surface area contributed by atoms with Gasteiger partial charge in [0.05, 0.1) is 35.5 Å². The Morgan fingerprint density at radius 3 is 2.47 bits per heavy atom. The van der Waals surface area contributed by atoms with Crippen molar-refractivity contribution < 1.29 is 14.3 Å². The van der Waals surface area contributed by atoms with Crippen molar-refractivity contribution in [1.29, 1.82) is 0 Å². The third kappa shape index (κ3) is 4.95. The van der Waals surface area contributed by atoms with Gasteiger partial charge in [-0.1, -0.05) is 58.4 Å². The Labute approximate surface area is 193 Å². The first-order valence-corrected chi connectivity index (χ1v) is 10.8. The van der Waals surface area contributed by atoms with E-state index >= 15 is 0 Å². The number of hydrogen-bond acceptors (Lipinski definition) is 4. The molecule has 3 aromatic carbocycles. The fourth-order valence-corrected chi connectivity index (χ4v) is 3.54. The zero-order valence-electron chi connectivity index (χ0n) is 17.0. The van der Waals surface area contributed by atoms with Gasteiger partial charge in [0.1, 0.15) is 5.75 Å². The van der Waals surface area contributed by atoms with Gasteiger partial charge >= 0.3 is 0 Å². The summed E-state index contributed by atoms with van der Waals surface area (Å²) >= 11 is 3.44. The molecule has 32 heavy (non-hydrogen) atoms. The predicted molar refractivity (Wildman–Crippen MR) is 129 cm³/mol. The number of pyridine rings is 1. The summed E-state index contributed by atoms with van der Waals surface area (Å²) in [7, 11) is 0. The van der Waals surface area contributed by atoms with E-state index in [0.717, 1.165) is 20.9 Å². The van der Waals surface area contributed by atoms with Gasteiger partial charge in [0.15, 0.2) is 0 Å². The van der Waals surface area contributed by atoms with E-state index in [-0.39, 0.29) is 18.9 Å². The number of ether oxygens (including phenoxy) is 1. The highest BCUT2D eigenvalue weighted by Gasteiger charge is 2.16. The van der Waals surface area contributed by atoms with Crippen molar-refractivity contribution in [3.05, 3.63) is 88.9 Å². The molecule has 0 radical (unpaired) electrons. The Kier molecular flexibility index (Phi) is 6.47. The van der Waals surface area contributed by atoms with Crippen LogP contribution in [-0.4, -0.2) is 23.4 Å². The van der Waals surface area contributed by atoms with Crippen LogP contribution in [0.25, 0.3) is 22.2 Å². The van der Waals surface area contributed by atoms with Gasteiger partial charge in [0.25, 0.3) is 5.91 Å². The largest absolute Gasteiger partial charge is 0.491 e. The number of rotatable bonds is 7. The summed E-state index contributed by atoms with van der Waals surface area (Å²) in [5.41, 5.74) is 8.52. The molecule has 1 aromatic heterocycles. The van der Waals surface area contributed by atoms with Crippen LogP contribution < -0.4 is 15.8 Å². The third-order valence-corrected chi connectivity index (χ3v) is 5.37. The van der Waals surface area contributed by atoms with Crippen molar-refractivity contribution in [2.24, 2.45) is 5.73 Å². The smallest absolute Gasteiger partial charge is 0.256 e. The molecular formula is C25H20BrN3O3. The van der Waals surface area contributed by atoms with Crippen molar-refractivity contribution >= 4 is 44.3 Å². The van der Waals surface area contributed by atoms with Gasteiger partial charge in [-0.05, 0) is 36.4 Å². The van der Waals surface area contributed by atoms with Crippen LogP contribution in [0.15, 0.2) is 83.3 Å². The number of primary amides is 1. The van der Waals surface area contributed by atoms with Gasteiger partial charge in [0, 0.05) is 15.4 Å². The van der Waals surface area contributed by atoms with Gasteiger partial charge in [-0.3, -0.25) is 9.59 Å². The second kappa shape index (κ2) is 9.62. The molecule has 4 aromatic rings. The quantitative estimate of drug-likeness (QED) is 0.374. The Morgan fingerprint density at radius 1 is 0.969 bits per heavy atom. The third-order valence-electron chi connectivity index (χ3n) is 4.84. The predicted octanol–water partition coefficient (Wildman–Crippen LogP) is 5.17. The van der Waals surface area contributed by atoms with Crippen LogP contribution in [0.5, 0.6) is 5.75 Å². The van der Waals surface area contributed by atoms with Crippen LogP contribution in [0.2, 0.25) is 0 Å². The number of para-hydroxylation sites is 3. The lowest BCUT2D eigenvalue weighted by Gasteiger charge is -2.14. The number of carbonyl (C=O) groups is 2. The lowest BCUT2D eigenvalue weighted by Crippen LogP contribution is -2.16. The molecule has 0 unspecified atom stereocenters. The summed E-state index contributed by atoms with van der Waals surface area (Å²) in [6.07, 6.45) is 0.0911. The molecule has 1 heterocycles. The fourth-order valence-electron chi connectivity index (χ4n) is 3.28. The van der Waals surface area contributed by atoms with E-state index in [1.54, 1.807) is 30.3 Å². The molecule has 6 nitrogen and oxygen atoms in total. The van der Waals surface area contributed by atoms with Crippen LogP contribution in [0.4, 0.5) is 5.69 Å². The van der Waals surface area contributed by atoms with Crippen molar-refractivity contribution in [2.75, 3.05) is 11.9 Å². The molecule has 2 amide bonds. The van der Waals surface area contributed by atoms with E-state index in [1.165, 1.54) is 0 Å². The van der Waals surface area contributed by atoms with Crippen LogP contribution in [0.1, 0.15) is 16.8 Å². The SMILES string of the molecule is NC(=O)CCOc1ccccc1NC(=O)c1cc(-c2ccc(Br)cc2)nc2ccccc12. The minimum atomic E-state index is -0.449. The van der Waals surface area contributed by atoms with Crippen LogP contribution >= 0.6 is 15.9 Å². The van der Waals surface area contributed by atoms with Gasteiger partial charge in [-0.15, -0.1) is 0 Å². The molecular weight excluding hydrogens is 470 g/mol. The molecule has 0 atom stereocenters. The fraction of sp³-hybridized carbons (Fsp3) is 0.0800. The molecule has 4 rings (SSSR count). The molecule has 160 valence electrons. The maximum Gasteiger partial charge on any atom is 0.256 e. The van der Waals surface area contributed by atoms with E-state index in [0.29, 0.717) is 22.7 Å². The Morgan fingerprint density at radius 2 is 1.69 bits per heavy atom. The summed E-state index contributed by atoms with van der Waals surface area (Å²) in [6.45, 7) is 0.133. The summed E-state index contributed by atoms with van der Waals surface area (Å²) in [5, 5.41) is 3.68. The van der Waals surface area contributed by atoms with E-state index in [1.807, 2.05) is 48.5 Å². The van der Waals surface area contributed by atoms with E-state index in [9.17, 15) is 9.59 Å². The average molecular weight is 490 g/mol. The number of halogens is 1. The Balaban J connectivity index is 1.68. The number of aromatic nitrogens is 1. The minimum Gasteiger partial charge on any atom is -0.491 e. The highest BCUT2D eigenvalue weighted by molar-refractivity contribution is 9.10. The molecule has 0 aliphatic carbocycles. The second-order valence-corrected chi connectivity index (χ2v) is 8.01. The van der Waals surface area contributed by atoms with Crippen molar-refractivity contribution in [3.63, 3.8) is 0 Å². The van der Waals surface area contributed by atoms with E-state index in [2.05, 4.69) is 21.2 Å². The first-order chi connectivity index (χ1) is 15.5. The number of amides is 2. The molecule has 3 N–H and O–H groups in total. The molecule has 0 fully saturated rings. The standard InChI is InChI=1S/C25H20BrN3O3/c26-17-11-9-16(10-12-17)22-15-19(18-5-1-2-6-20(18)28-22)25(31)29-21-7-3-4-8-23(21)32-14-13-24(27)30/h1-12,15H,13-14H2,(H2,27,30)(H,29,31). The van der Waals surface area contributed by atoms with Crippen LogP contribution in [0, 0.1) is 0 Å². The monoisotopic (exact) mass is 489 g/mol. The molecule has 0 spiro atoms. The summed E-state index contributed by atoms with van der Waals surface area (Å²) < 4.78 is 6.61. The minimum absolute atomic E-state index is 0.0911. The molecule has 0 saturated heterocycles. The van der Waals surface area contributed by atoms with Gasteiger partial charge in [-0.2, -0.15) is 0 Å². The number of fused-ring (bicyclic) bond motifs is 1. The van der Waals surface area contributed by atoms with Crippen molar-refractivity contribution in [2.45, 2.75) is 6.42 Å². The topological polar surface area (TPSA) is 94.3 Å². The second-order valence-electron chi connectivity index (χ2n) is 7.09. The van der Waals surface area contributed by atoms with Crippen molar-refractivity contribution in [1.82, 2.24) is 4.98 Å². The molecule has 0 aliphatic heterocycles. The number of nitrogens with one attached hydrogen (secondary N) is 1. The highest BCUT2D eigenvalue weighted by Crippen LogP contribution is 2.29. The maximum atomic E-state index is 13.3. The zero-order valence-corrected chi connectivity index (χ0v) is 18.6. The van der Waals surface area contributed by atoms with Gasteiger partial charge < -0.3 is 15.8 Å². The molecule has 0 saturated carbocycles. The Hall–Kier alpha value is -3.71. The van der Waals surface area contributed by atoms with Crippen molar-refractivity contribution in [3.8, 4) is 17.0 Å². The number of benzene rings is 3. The lowest BCUT2D eigenvalue weighted by molar-refractivity contribution is -0.118. The molecule has 7 heteroatoms. The number of nitrogens with zero attached hydrogens (tertiary/aromatic N) is 1. The number of nitrogens with two attached hydrogens (primary N) is 1. The lowest BCUT2D eigenvalue weighted by atomic mass is 10.0. The van der Waals surface area contributed by atoms with Gasteiger partial charge in [-0.25, -0.2) is 4.98 Å². The Bertz CT molecular complexity index is 1290. The highest BCUT2D eigenvalue weighted by atomic mass is 79.9. The number of hydrogen-bond donors (Lipinski definition) is 2. The summed E-state index contributed by atoms with van der Waals surface area (Å²) in [4.78, 5) is 29.1. The normalized spacial score (nSPS) is 10.7. The molecule has 0 aliphatic rings. The number of anilines is 1. The maximum absolute atomic E-state index is 13.3. The first-order valence-electron chi connectivity index (χ1n) is 9.98.